The lowest BCUT2D eigenvalue weighted by molar-refractivity contribution is -0.129. The summed E-state index contributed by atoms with van der Waals surface area (Å²) in [5.74, 6) is -0.546. The highest BCUT2D eigenvalue weighted by Gasteiger charge is 2.18. The summed E-state index contributed by atoms with van der Waals surface area (Å²) in [7, 11) is 0. The maximum atomic E-state index is 13.3. The highest BCUT2D eigenvalue weighted by Crippen LogP contribution is 2.20. The van der Waals surface area contributed by atoms with Gasteiger partial charge in [0.05, 0.1) is 23.2 Å². The van der Waals surface area contributed by atoms with Crippen molar-refractivity contribution in [1.29, 1.82) is 0 Å². The minimum atomic E-state index is -0.462. The average Bonchev–Trinajstić information content (AvgIpc) is 2.88. The molecule has 0 bridgehead atoms. The summed E-state index contributed by atoms with van der Waals surface area (Å²) in [6.07, 6.45) is 0.0795. The van der Waals surface area contributed by atoms with Gasteiger partial charge >= 0.3 is 0 Å². The van der Waals surface area contributed by atoms with Crippen LogP contribution in [0.15, 0.2) is 94.9 Å². The van der Waals surface area contributed by atoms with Crippen molar-refractivity contribution in [3.05, 3.63) is 106 Å². The highest BCUT2D eigenvalue weighted by molar-refractivity contribution is 7.99. The van der Waals surface area contributed by atoms with Gasteiger partial charge in [-0.15, -0.1) is 0 Å². The molecule has 4 aromatic rings. The number of benzene rings is 3. The van der Waals surface area contributed by atoms with Crippen LogP contribution >= 0.6 is 11.8 Å². The number of thioether (sulfide) groups is 1. The molecule has 0 saturated carbocycles. The smallest absolute Gasteiger partial charge is 0.262 e. The van der Waals surface area contributed by atoms with Gasteiger partial charge in [-0.1, -0.05) is 84.6 Å². The Morgan fingerprint density at radius 2 is 1.51 bits per heavy atom. The van der Waals surface area contributed by atoms with Crippen LogP contribution < -0.4 is 11.3 Å². The zero-order valence-electron chi connectivity index (χ0n) is 19.2. The zero-order chi connectivity index (χ0) is 24.6. The SMILES string of the molecule is NC(=O)CCN(Cc1ccccc1)C(=O)CSc1nc2ccccc2c(=O)n1Cc1ccccc1. The average molecular weight is 487 g/mol. The Bertz CT molecular complexity index is 1370. The fourth-order valence-corrected chi connectivity index (χ4v) is 4.62. The minimum Gasteiger partial charge on any atom is -0.370 e. The molecule has 8 heteroatoms. The van der Waals surface area contributed by atoms with E-state index in [-0.39, 0.29) is 30.2 Å². The first-order chi connectivity index (χ1) is 17.0. The predicted octanol–water partition coefficient (Wildman–Crippen LogP) is 3.44. The van der Waals surface area contributed by atoms with Gasteiger partial charge in [-0.3, -0.25) is 19.0 Å². The number of carbonyl (C=O) groups excluding carboxylic acids is 2. The molecule has 3 aromatic carbocycles. The lowest BCUT2D eigenvalue weighted by Crippen LogP contribution is -2.35. The first-order valence-electron chi connectivity index (χ1n) is 11.3. The highest BCUT2D eigenvalue weighted by atomic mass is 32.2. The van der Waals surface area contributed by atoms with Crippen molar-refractivity contribution in [2.45, 2.75) is 24.7 Å². The monoisotopic (exact) mass is 486 g/mol. The number of primary amides is 1. The molecule has 0 unspecified atom stereocenters. The fourth-order valence-electron chi connectivity index (χ4n) is 3.72. The fraction of sp³-hybridized carbons (Fsp3) is 0.185. The van der Waals surface area contributed by atoms with Gasteiger partial charge in [0.15, 0.2) is 5.16 Å². The summed E-state index contributed by atoms with van der Waals surface area (Å²) < 4.78 is 1.61. The van der Waals surface area contributed by atoms with Gasteiger partial charge in [0, 0.05) is 19.5 Å². The third-order valence-corrected chi connectivity index (χ3v) is 6.49. The van der Waals surface area contributed by atoms with Crippen LogP contribution in [0.5, 0.6) is 0 Å². The van der Waals surface area contributed by atoms with E-state index in [0.29, 0.717) is 29.1 Å². The van der Waals surface area contributed by atoms with Crippen molar-refractivity contribution in [2.75, 3.05) is 12.3 Å². The van der Waals surface area contributed by atoms with Crippen molar-refractivity contribution in [2.24, 2.45) is 5.73 Å². The molecule has 1 aromatic heterocycles. The summed E-state index contributed by atoms with van der Waals surface area (Å²) in [6.45, 7) is 0.949. The Balaban J connectivity index is 1.59. The van der Waals surface area contributed by atoms with E-state index in [1.807, 2.05) is 72.8 Å². The molecule has 0 aliphatic carbocycles. The molecule has 2 amide bonds. The number of para-hydroxylation sites is 1. The van der Waals surface area contributed by atoms with Gasteiger partial charge < -0.3 is 10.6 Å². The van der Waals surface area contributed by atoms with Crippen LogP contribution in [0.3, 0.4) is 0 Å². The van der Waals surface area contributed by atoms with Gasteiger partial charge in [-0.2, -0.15) is 0 Å². The molecule has 0 aliphatic heterocycles. The topological polar surface area (TPSA) is 98.3 Å². The van der Waals surface area contributed by atoms with Crippen LogP contribution in [0.25, 0.3) is 10.9 Å². The predicted molar refractivity (Wildman–Crippen MR) is 138 cm³/mol. The Morgan fingerprint density at radius 1 is 0.886 bits per heavy atom. The number of amides is 2. The molecule has 0 atom stereocenters. The van der Waals surface area contributed by atoms with Crippen LogP contribution in [0.2, 0.25) is 0 Å². The molecule has 0 saturated heterocycles. The lowest BCUT2D eigenvalue weighted by atomic mass is 10.2. The molecule has 2 N–H and O–H groups in total. The maximum Gasteiger partial charge on any atom is 0.262 e. The molecule has 1 heterocycles. The number of hydrogen-bond donors (Lipinski definition) is 1. The van der Waals surface area contributed by atoms with Crippen molar-refractivity contribution in [3.63, 3.8) is 0 Å². The second kappa shape index (κ2) is 11.5. The summed E-state index contributed by atoms with van der Waals surface area (Å²) >= 11 is 1.22. The summed E-state index contributed by atoms with van der Waals surface area (Å²) in [5.41, 5.74) is 7.70. The number of nitrogens with two attached hydrogens (primary N) is 1. The van der Waals surface area contributed by atoms with Crippen molar-refractivity contribution in [1.82, 2.24) is 14.5 Å². The maximum absolute atomic E-state index is 13.3. The summed E-state index contributed by atoms with van der Waals surface area (Å²) in [6, 6.07) is 26.5. The van der Waals surface area contributed by atoms with E-state index in [0.717, 1.165) is 11.1 Å². The summed E-state index contributed by atoms with van der Waals surface area (Å²) in [5, 5.41) is 1.01. The Hall–Kier alpha value is -3.91. The number of nitrogens with zero attached hydrogens (tertiary/aromatic N) is 3. The van der Waals surface area contributed by atoms with E-state index in [4.69, 9.17) is 10.7 Å². The molecule has 35 heavy (non-hydrogen) atoms. The van der Waals surface area contributed by atoms with E-state index in [9.17, 15) is 14.4 Å². The molecule has 0 spiro atoms. The van der Waals surface area contributed by atoms with Crippen LogP contribution in [-0.2, 0) is 22.7 Å². The summed E-state index contributed by atoms with van der Waals surface area (Å²) in [4.78, 5) is 44.2. The van der Waals surface area contributed by atoms with Crippen molar-refractivity contribution >= 4 is 34.5 Å². The van der Waals surface area contributed by atoms with Crippen LogP contribution in [0, 0.1) is 0 Å². The second-order valence-electron chi connectivity index (χ2n) is 8.09. The van der Waals surface area contributed by atoms with Gasteiger partial charge in [0.2, 0.25) is 11.8 Å². The van der Waals surface area contributed by atoms with Gasteiger partial charge in [0.1, 0.15) is 0 Å². The third kappa shape index (κ3) is 6.36. The van der Waals surface area contributed by atoms with Crippen LogP contribution in [0.4, 0.5) is 0 Å². The van der Waals surface area contributed by atoms with Gasteiger partial charge in [0.25, 0.3) is 5.56 Å². The van der Waals surface area contributed by atoms with E-state index < -0.39 is 5.91 Å². The van der Waals surface area contributed by atoms with Gasteiger partial charge in [-0.05, 0) is 23.3 Å². The quantitative estimate of drug-likeness (QED) is 0.274. The molecular weight excluding hydrogens is 460 g/mol. The van der Waals surface area contributed by atoms with E-state index in [1.165, 1.54) is 11.8 Å². The number of fused-ring (bicyclic) bond motifs is 1. The van der Waals surface area contributed by atoms with E-state index in [2.05, 4.69) is 0 Å². The largest absolute Gasteiger partial charge is 0.370 e. The van der Waals surface area contributed by atoms with Gasteiger partial charge in [-0.25, -0.2) is 4.98 Å². The number of hydrogen-bond acceptors (Lipinski definition) is 5. The molecule has 0 fully saturated rings. The van der Waals surface area contributed by atoms with Crippen molar-refractivity contribution < 1.29 is 9.59 Å². The lowest BCUT2D eigenvalue weighted by Gasteiger charge is -2.22. The number of aromatic nitrogens is 2. The first-order valence-corrected chi connectivity index (χ1v) is 12.3. The standard InChI is InChI=1S/C27H26N4O3S/c28-24(32)15-16-30(17-20-9-3-1-4-10-20)25(33)19-35-27-29-23-14-8-7-13-22(23)26(34)31(27)18-21-11-5-2-6-12-21/h1-14H,15-19H2,(H2,28,32). The molecule has 0 radical (unpaired) electrons. The molecule has 0 aliphatic rings. The normalized spacial score (nSPS) is 10.9. The van der Waals surface area contributed by atoms with E-state index >= 15 is 0 Å². The molecule has 4 rings (SSSR count). The zero-order valence-corrected chi connectivity index (χ0v) is 20.0. The Morgan fingerprint density at radius 3 is 2.20 bits per heavy atom. The molecular formula is C27H26N4O3S. The van der Waals surface area contributed by atoms with Crippen LogP contribution in [0.1, 0.15) is 17.5 Å². The second-order valence-corrected chi connectivity index (χ2v) is 9.04. The molecule has 178 valence electrons. The van der Waals surface area contributed by atoms with E-state index in [1.54, 1.807) is 21.6 Å². The van der Waals surface area contributed by atoms with Crippen molar-refractivity contribution in [3.8, 4) is 0 Å². The third-order valence-electron chi connectivity index (χ3n) is 5.53. The number of carbonyl (C=O) groups is 2. The number of rotatable bonds is 10. The first kappa shape index (κ1) is 24.2. The Labute approximate surface area is 207 Å². The van der Waals surface area contributed by atoms with Crippen LogP contribution in [-0.4, -0.2) is 38.6 Å². The minimum absolute atomic E-state index is 0.0746. The molecule has 7 nitrogen and oxygen atoms in total. The Kier molecular flexibility index (Phi) is 7.95.